The molecule has 2 aromatic heterocycles. The molecule has 1 saturated heterocycles. The van der Waals surface area contributed by atoms with Crippen molar-refractivity contribution in [2.45, 2.75) is 90.4 Å². The van der Waals surface area contributed by atoms with Gasteiger partial charge in [-0.15, -0.1) is 11.3 Å². The second-order valence-corrected chi connectivity index (χ2v) is 18.9. The maximum Gasteiger partial charge on any atom is 0.246 e. The van der Waals surface area contributed by atoms with E-state index in [9.17, 15) is 24.9 Å². The number of hydrogen-bond acceptors (Lipinski definition) is 13. The van der Waals surface area contributed by atoms with Gasteiger partial charge >= 0.3 is 0 Å². The van der Waals surface area contributed by atoms with Crippen LogP contribution >= 0.6 is 11.3 Å². The normalized spacial score (nSPS) is 15.7. The quantitative estimate of drug-likeness (QED) is 0.0423. The van der Waals surface area contributed by atoms with Crippen molar-refractivity contribution in [1.29, 1.82) is 10.5 Å². The Morgan fingerprint density at radius 2 is 1.44 bits per heavy atom. The topological polar surface area (TPSA) is 190 Å². The number of likely N-dealkylation sites (tertiary alicyclic amines) is 1. The monoisotopic (exact) mass is 983 g/mol. The maximum absolute atomic E-state index is 14.2. The van der Waals surface area contributed by atoms with Crippen LogP contribution in [0.15, 0.2) is 78.2 Å². The van der Waals surface area contributed by atoms with Gasteiger partial charge in [0.25, 0.3) is 0 Å². The fourth-order valence-electron chi connectivity index (χ4n) is 9.36. The second-order valence-electron chi connectivity index (χ2n) is 18.0. The first kappa shape index (κ1) is 52.4. The molecule has 1 saturated carbocycles. The summed E-state index contributed by atoms with van der Waals surface area (Å²) in [6.45, 7) is 9.95. The first-order valence-electron chi connectivity index (χ1n) is 24.7. The molecule has 71 heavy (non-hydrogen) atoms. The number of ketones is 1. The molecule has 15 nitrogen and oxygen atoms in total. The minimum atomic E-state index is -0.582. The molecule has 0 spiro atoms. The van der Waals surface area contributed by atoms with Gasteiger partial charge in [0.05, 0.1) is 68.9 Å². The van der Waals surface area contributed by atoms with Crippen LogP contribution in [0.25, 0.3) is 11.1 Å². The first-order valence-corrected chi connectivity index (χ1v) is 25.5. The highest BCUT2D eigenvalue weighted by molar-refractivity contribution is 7.10. The van der Waals surface area contributed by atoms with Crippen molar-refractivity contribution in [2.24, 2.45) is 5.92 Å². The molecule has 1 aliphatic carbocycles. The van der Waals surface area contributed by atoms with E-state index in [0.29, 0.717) is 94.1 Å². The third-order valence-electron chi connectivity index (χ3n) is 13.4. The summed E-state index contributed by atoms with van der Waals surface area (Å²) in [5.74, 6) is 0.915. The lowest BCUT2D eigenvalue weighted by atomic mass is 9.83. The van der Waals surface area contributed by atoms with Gasteiger partial charge in [0, 0.05) is 41.0 Å². The minimum Gasteiger partial charge on any atom is -0.491 e. The Bertz CT molecular complexity index is 2660. The summed E-state index contributed by atoms with van der Waals surface area (Å²) < 4.78 is 31.1. The number of nitrogens with zero attached hydrogens (tertiary/aromatic N) is 5. The Balaban J connectivity index is 0.772. The number of benzene rings is 3. The number of likely N-dealkylation sites (N-methyl/N-ethyl adjacent to an activating group) is 1. The van der Waals surface area contributed by atoms with E-state index in [1.807, 2.05) is 55.1 Å². The molecule has 5 aromatic rings. The summed E-state index contributed by atoms with van der Waals surface area (Å²) in [6, 6.07) is 25.5. The van der Waals surface area contributed by atoms with Crippen molar-refractivity contribution >= 4 is 28.9 Å². The van der Waals surface area contributed by atoms with Crippen molar-refractivity contribution in [1.82, 2.24) is 25.1 Å². The van der Waals surface area contributed by atoms with Gasteiger partial charge in [-0.05, 0) is 107 Å². The molecule has 0 radical (unpaired) electrons. The lowest BCUT2D eigenvalue weighted by molar-refractivity contribution is -0.139. The predicted molar refractivity (Wildman–Crippen MR) is 270 cm³/mol. The predicted octanol–water partition coefficient (Wildman–Crippen LogP) is 8.10. The average Bonchev–Trinajstić information content (AvgIpc) is 4.15. The van der Waals surface area contributed by atoms with Gasteiger partial charge in [-0.3, -0.25) is 14.4 Å². The highest BCUT2D eigenvalue weighted by Crippen LogP contribution is 2.37. The number of nitriles is 2. The molecule has 2 fully saturated rings. The molecule has 7 rings (SSSR count). The number of hydrogen-bond donors (Lipinski definition) is 2. The average molecular weight is 984 g/mol. The van der Waals surface area contributed by atoms with E-state index in [1.165, 1.54) is 11.3 Å². The fourth-order valence-corrected chi connectivity index (χ4v) is 10.3. The zero-order valence-corrected chi connectivity index (χ0v) is 42.1. The van der Waals surface area contributed by atoms with Gasteiger partial charge < -0.3 is 43.8 Å². The number of amides is 2. The zero-order valence-electron chi connectivity index (χ0n) is 41.2. The Morgan fingerprint density at radius 1 is 0.789 bits per heavy atom. The lowest BCUT2D eigenvalue weighted by Crippen LogP contribution is -2.55. The van der Waals surface area contributed by atoms with Gasteiger partial charge in [-0.25, -0.2) is 4.98 Å². The van der Waals surface area contributed by atoms with Crippen LogP contribution in [0.1, 0.15) is 107 Å². The lowest BCUT2D eigenvalue weighted by Gasteiger charge is -2.35. The smallest absolute Gasteiger partial charge is 0.246 e. The van der Waals surface area contributed by atoms with E-state index >= 15 is 0 Å². The van der Waals surface area contributed by atoms with Gasteiger partial charge in [0.1, 0.15) is 47.5 Å². The highest BCUT2D eigenvalue weighted by Gasteiger charge is 2.40. The SMILES string of the molecule is CN[C@@H](C)C(=O)N[C@H](C(=O)N1CCC[C@H]1c1nc(C(=O)c2cccc(OCCOCCOCCOCCOc3cccc(Cn4c(C)c(C#N)c(-c5ccc(C#N)cc5)c4C)c3)c2)cs1)C1CCCCC1. The second kappa shape index (κ2) is 26.2. The molecule has 3 heterocycles. The van der Waals surface area contributed by atoms with Crippen LogP contribution in [-0.4, -0.2) is 111 Å². The number of aromatic nitrogens is 2. The largest absolute Gasteiger partial charge is 0.491 e. The van der Waals surface area contributed by atoms with Crippen LogP contribution in [0.3, 0.4) is 0 Å². The van der Waals surface area contributed by atoms with Crippen molar-refractivity contribution in [2.75, 3.05) is 66.4 Å². The Hall–Kier alpha value is -6.40. The third kappa shape index (κ3) is 13.7. The number of carbonyl (C=O) groups is 3. The minimum absolute atomic E-state index is 0.0602. The molecule has 2 N–H and O–H groups in total. The van der Waals surface area contributed by atoms with Gasteiger partial charge in [0.15, 0.2) is 0 Å². The summed E-state index contributed by atoms with van der Waals surface area (Å²) in [4.78, 5) is 47.4. The summed E-state index contributed by atoms with van der Waals surface area (Å²) >= 11 is 1.39. The van der Waals surface area contributed by atoms with E-state index in [1.54, 1.807) is 55.7 Å². The summed E-state index contributed by atoms with van der Waals surface area (Å²) in [5, 5.41) is 27.8. The van der Waals surface area contributed by atoms with Gasteiger partial charge in [-0.1, -0.05) is 55.7 Å². The van der Waals surface area contributed by atoms with Crippen molar-refractivity contribution in [3.63, 3.8) is 0 Å². The molecular formula is C55H65N7O8S. The third-order valence-corrected chi connectivity index (χ3v) is 14.3. The molecule has 374 valence electrons. The molecule has 0 bridgehead atoms. The van der Waals surface area contributed by atoms with Crippen molar-refractivity contribution < 1.29 is 38.1 Å². The Labute approximate surface area is 421 Å². The highest BCUT2D eigenvalue weighted by atomic mass is 32.1. The van der Waals surface area contributed by atoms with Crippen LogP contribution in [0.4, 0.5) is 0 Å². The number of ether oxygens (including phenoxy) is 5. The van der Waals surface area contributed by atoms with Crippen LogP contribution in [0.5, 0.6) is 11.5 Å². The molecule has 3 atom stereocenters. The molecule has 0 unspecified atom stereocenters. The van der Waals surface area contributed by atoms with Crippen LogP contribution in [0, 0.1) is 42.4 Å². The number of carbonyl (C=O) groups excluding carboxylic acids is 3. The molecule has 3 aromatic carbocycles. The molecule has 2 amide bonds. The number of rotatable bonds is 25. The van der Waals surface area contributed by atoms with Crippen molar-refractivity contribution in [3.05, 3.63) is 123 Å². The van der Waals surface area contributed by atoms with Gasteiger partial charge in [0.2, 0.25) is 17.6 Å². The Kier molecular flexibility index (Phi) is 19.3. The number of nitrogens with one attached hydrogen (secondary N) is 2. The molecular weight excluding hydrogens is 919 g/mol. The Morgan fingerprint density at radius 3 is 2.08 bits per heavy atom. The molecule has 2 aliphatic rings. The standard InChI is InChI=1S/C55H65N7O8S/c1-37(58-4)53(64)60-51(43-12-6-5-7-13-43)55(65)61-22-10-17-49(61)54-59-48(36-71-54)52(63)44-14-9-16-46(32-44)70-30-28-68-26-24-66-23-25-67-27-29-69-45-15-8-11-41(31-45)35-62-38(2)47(34-57)50(39(62)3)42-20-18-40(33-56)19-21-42/h8-9,11,14-16,18-21,31-32,36-37,43,49,51,58H,5-7,10,12-13,17,22-30,35H2,1-4H3,(H,60,64)/t37-,49-,51-/m0/s1. The van der Waals surface area contributed by atoms with Crippen LogP contribution in [-0.2, 0) is 30.3 Å². The van der Waals surface area contributed by atoms with Crippen LogP contribution in [0.2, 0.25) is 0 Å². The zero-order chi connectivity index (χ0) is 50.1. The molecule has 16 heteroatoms. The van der Waals surface area contributed by atoms with E-state index in [-0.39, 0.29) is 29.6 Å². The van der Waals surface area contributed by atoms with Gasteiger partial charge in [-0.2, -0.15) is 10.5 Å². The summed E-state index contributed by atoms with van der Waals surface area (Å²) in [7, 11) is 1.74. The number of thiazole rings is 1. The summed E-state index contributed by atoms with van der Waals surface area (Å²) in [6.07, 6.45) is 6.66. The fraction of sp³-hybridized carbons (Fsp3) is 0.455. The maximum atomic E-state index is 14.2. The van der Waals surface area contributed by atoms with E-state index in [4.69, 9.17) is 28.7 Å². The van der Waals surface area contributed by atoms with E-state index in [2.05, 4.69) is 27.3 Å². The first-order chi connectivity index (χ1) is 34.6. The van der Waals surface area contributed by atoms with E-state index < -0.39 is 12.1 Å². The van der Waals surface area contributed by atoms with Crippen LogP contribution < -0.4 is 20.1 Å². The van der Waals surface area contributed by atoms with Crippen molar-refractivity contribution in [3.8, 4) is 34.8 Å². The molecule has 1 aliphatic heterocycles. The summed E-state index contributed by atoms with van der Waals surface area (Å²) in [5.41, 5.74) is 6.68. The van der Waals surface area contributed by atoms with E-state index in [0.717, 1.165) is 83.8 Å².